The van der Waals surface area contributed by atoms with Crippen LogP contribution in [0.25, 0.3) is 11.0 Å². The van der Waals surface area contributed by atoms with Crippen LogP contribution in [0.3, 0.4) is 0 Å². The Bertz CT molecular complexity index is 552. The molecule has 0 bridgehead atoms. The van der Waals surface area contributed by atoms with Gasteiger partial charge in [0.15, 0.2) is 5.78 Å². The van der Waals surface area contributed by atoms with Crippen LogP contribution in [0.5, 0.6) is 0 Å². The van der Waals surface area contributed by atoms with Crippen LogP contribution in [0.15, 0.2) is 18.2 Å². The summed E-state index contributed by atoms with van der Waals surface area (Å²) in [5, 5.41) is 0. The average Bonchev–Trinajstić information content (AvgIpc) is 2.70. The number of carbonyl (C=O) groups excluding carboxylic acids is 1. The van der Waals surface area contributed by atoms with Crippen LogP contribution in [0.1, 0.15) is 49.8 Å². The number of aromatic nitrogens is 2. The first-order valence-corrected chi connectivity index (χ1v) is 6.03. The Labute approximate surface area is 101 Å². The van der Waals surface area contributed by atoms with Crippen molar-refractivity contribution in [2.24, 2.45) is 5.92 Å². The molecule has 2 aromatic rings. The summed E-state index contributed by atoms with van der Waals surface area (Å²) in [7, 11) is 0. The van der Waals surface area contributed by atoms with E-state index in [1.807, 2.05) is 32.0 Å². The fourth-order valence-electron chi connectivity index (χ4n) is 1.79. The number of ketones is 1. The van der Waals surface area contributed by atoms with Gasteiger partial charge < -0.3 is 4.98 Å². The topological polar surface area (TPSA) is 45.8 Å². The van der Waals surface area contributed by atoms with E-state index in [2.05, 4.69) is 23.8 Å². The van der Waals surface area contributed by atoms with E-state index in [1.165, 1.54) is 0 Å². The van der Waals surface area contributed by atoms with Crippen LogP contribution >= 0.6 is 0 Å². The largest absolute Gasteiger partial charge is 0.342 e. The molecule has 0 fully saturated rings. The molecular formula is C14H18N2O. The zero-order valence-electron chi connectivity index (χ0n) is 10.7. The summed E-state index contributed by atoms with van der Waals surface area (Å²) in [5.41, 5.74) is 2.63. The maximum absolute atomic E-state index is 11.9. The molecule has 1 aromatic heterocycles. The molecule has 0 saturated carbocycles. The van der Waals surface area contributed by atoms with Gasteiger partial charge in [-0.1, -0.05) is 27.7 Å². The Balaban J connectivity index is 2.47. The van der Waals surface area contributed by atoms with Crippen LogP contribution in [-0.4, -0.2) is 15.8 Å². The van der Waals surface area contributed by atoms with Crippen molar-refractivity contribution in [2.75, 3.05) is 0 Å². The smallest absolute Gasteiger partial charge is 0.165 e. The maximum Gasteiger partial charge on any atom is 0.165 e. The molecule has 0 amide bonds. The molecule has 1 N–H and O–H groups in total. The van der Waals surface area contributed by atoms with E-state index in [4.69, 9.17) is 0 Å². The number of benzene rings is 1. The number of nitrogens with one attached hydrogen (secondary N) is 1. The standard InChI is InChI=1S/C14H18N2O/c1-8(2)13(17)10-5-6-11-12(7-10)16-14(15-11)9(3)4/h5-9H,1-4H3,(H,15,16). The van der Waals surface area contributed by atoms with Crippen molar-refractivity contribution in [3.8, 4) is 0 Å². The van der Waals surface area contributed by atoms with Crippen molar-refractivity contribution < 1.29 is 4.79 Å². The fourth-order valence-corrected chi connectivity index (χ4v) is 1.79. The lowest BCUT2D eigenvalue weighted by molar-refractivity contribution is 0.0939. The third kappa shape index (κ3) is 2.23. The minimum atomic E-state index is 0.0277. The molecule has 0 aliphatic heterocycles. The number of hydrogen-bond acceptors (Lipinski definition) is 2. The van der Waals surface area contributed by atoms with Gasteiger partial charge in [-0.25, -0.2) is 4.98 Å². The first-order valence-electron chi connectivity index (χ1n) is 6.03. The number of rotatable bonds is 3. The minimum absolute atomic E-state index is 0.0277. The number of carbonyl (C=O) groups is 1. The van der Waals surface area contributed by atoms with Crippen molar-refractivity contribution in [3.63, 3.8) is 0 Å². The highest BCUT2D eigenvalue weighted by Crippen LogP contribution is 2.19. The van der Waals surface area contributed by atoms with Crippen molar-refractivity contribution in [3.05, 3.63) is 29.6 Å². The SMILES string of the molecule is CC(C)C(=O)c1ccc2nc(C(C)C)[nH]c2c1. The lowest BCUT2D eigenvalue weighted by Crippen LogP contribution is -2.06. The van der Waals surface area contributed by atoms with Crippen molar-refractivity contribution in [1.82, 2.24) is 9.97 Å². The first-order chi connectivity index (χ1) is 7.99. The minimum Gasteiger partial charge on any atom is -0.342 e. The number of aromatic amines is 1. The molecule has 17 heavy (non-hydrogen) atoms. The van der Waals surface area contributed by atoms with E-state index >= 15 is 0 Å². The lowest BCUT2D eigenvalue weighted by Gasteiger charge is -2.03. The predicted octanol–water partition coefficient (Wildman–Crippen LogP) is 3.53. The highest BCUT2D eigenvalue weighted by atomic mass is 16.1. The molecule has 0 aliphatic carbocycles. The zero-order valence-corrected chi connectivity index (χ0v) is 10.7. The van der Waals surface area contributed by atoms with Crippen LogP contribution in [-0.2, 0) is 0 Å². The number of imidazole rings is 1. The number of nitrogens with zero attached hydrogens (tertiary/aromatic N) is 1. The molecule has 3 heteroatoms. The van der Waals surface area contributed by atoms with Gasteiger partial charge in [-0.2, -0.15) is 0 Å². The third-order valence-electron chi connectivity index (χ3n) is 2.86. The molecule has 3 nitrogen and oxygen atoms in total. The van der Waals surface area contributed by atoms with Crippen molar-refractivity contribution >= 4 is 16.8 Å². The van der Waals surface area contributed by atoms with E-state index in [0.717, 1.165) is 22.4 Å². The molecule has 1 heterocycles. The summed E-state index contributed by atoms with van der Waals surface area (Å²) in [6.45, 7) is 8.02. The third-order valence-corrected chi connectivity index (χ3v) is 2.86. The molecule has 0 radical (unpaired) electrons. The number of H-pyrrole nitrogens is 1. The second kappa shape index (κ2) is 4.32. The normalized spacial score (nSPS) is 11.6. The molecule has 0 unspecified atom stereocenters. The van der Waals surface area contributed by atoms with Gasteiger partial charge in [-0.3, -0.25) is 4.79 Å². The summed E-state index contributed by atoms with van der Waals surface area (Å²) >= 11 is 0. The van der Waals surface area contributed by atoms with Gasteiger partial charge in [0.1, 0.15) is 5.82 Å². The molecule has 0 atom stereocenters. The monoisotopic (exact) mass is 230 g/mol. The van der Waals surface area contributed by atoms with Gasteiger partial charge in [-0.15, -0.1) is 0 Å². The van der Waals surface area contributed by atoms with Crippen LogP contribution < -0.4 is 0 Å². The van der Waals surface area contributed by atoms with Gasteiger partial charge in [-0.05, 0) is 18.2 Å². The van der Waals surface area contributed by atoms with Gasteiger partial charge in [0.2, 0.25) is 0 Å². The van der Waals surface area contributed by atoms with E-state index < -0.39 is 0 Å². The molecule has 0 aliphatic rings. The number of Topliss-reactive ketones (excluding diaryl/α,β-unsaturated/α-hetero) is 1. The Morgan fingerprint density at radius 2 is 1.94 bits per heavy atom. The Morgan fingerprint density at radius 1 is 1.24 bits per heavy atom. The fraction of sp³-hybridized carbons (Fsp3) is 0.429. The molecule has 1 aromatic carbocycles. The highest BCUT2D eigenvalue weighted by Gasteiger charge is 2.12. The summed E-state index contributed by atoms with van der Waals surface area (Å²) < 4.78 is 0. The highest BCUT2D eigenvalue weighted by molar-refractivity contribution is 6.00. The Kier molecular flexibility index (Phi) is 3.01. The number of fused-ring (bicyclic) bond motifs is 1. The Hall–Kier alpha value is -1.64. The summed E-state index contributed by atoms with van der Waals surface area (Å²) in [6.07, 6.45) is 0. The summed E-state index contributed by atoms with van der Waals surface area (Å²) in [5.74, 6) is 1.54. The van der Waals surface area contributed by atoms with Crippen molar-refractivity contribution in [1.29, 1.82) is 0 Å². The predicted molar refractivity (Wildman–Crippen MR) is 69.4 cm³/mol. The second-order valence-electron chi connectivity index (χ2n) is 5.03. The Morgan fingerprint density at radius 3 is 2.53 bits per heavy atom. The van der Waals surface area contributed by atoms with E-state index in [1.54, 1.807) is 0 Å². The van der Waals surface area contributed by atoms with Crippen LogP contribution in [0, 0.1) is 5.92 Å². The van der Waals surface area contributed by atoms with E-state index in [9.17, 15) is 4.79 Å². The number of hydrogen-bond donors (Lipinski definition) is 1. The van der Waals surface area contributed by atoms with Crippen LogP contribution in [0.2, 0.25) is 0 Å². The van der Waals surface area contributed by atoms with Gasteiger partial charge >= 0.3 is 0 Å². The van der Waals surface area contributed by atoms with E-state index in [0.29, 0.717) is 5.92 Å². The quantitative estimate of drug-likeness (QED) is 0.820. The second-order valence-corrected chi connectivity index (χ2v) is 5.03. The molecular weight excluding hydrogens is 212 g/mol. The molecule has 90 valence electrons. The van der Waals surface area contributed by atoms with Crippen molar-refractivity contribution in [2.45, 2.75) is 33.6 Å². The first kappa shape index (κ1) is 11.8. The summed E-state index contributed by atoms with van der Waals surface area (Å²) in [4.78, 5) is 19.7. The lowest BCUT2D eigenvalue weighted by atomic mass is 10.0. The maximum atomic E-state index is 11.9. The average molecular weight is 230 g/mol. The summed E-state index contributed by atoms with van der Waals surface area (Å²) in [6, 6.07) is 5.67. The van der Waals surface area contributed by atoms with Gasteiger partial charge in [0.05, 0.1) is 11.0 Å². The zero-order chi connectivity index (χ0) is 12.6. The van der Waals surface area contributed by atoms with E-state index in [-0.39, 0.29) is 11.7 Å². The van der Waals surface area contributed by atoms with Crippen LogP contribution in [0.4, 0.5) is 0 Å². The molecule has 0 spiro atoms. The van der Waals surface area contributed by atoms with Gasteiger partial charge in [0.25, 0.3) is 0 Å². The molecule has 0 saturated heterocycles. The van der Waals surface area contributed by atoms with Gasteiger partial charge in [0, 0.05) is 17.4 Å². The molecule has 2 rings (SSSR count).